The van der Waals surface area contributed by atoms with E-state index >= 15 is 0 Å². The molecule has 3 atom stereocenters. The van der Waals surface area contributed by atoms with E-state index in [-0.39, 0.29) is 0 Å². The van der Waals surface area contributed by atoms with Crippen LogP contribution in [0.25, 0.3) is 0 Å². The topological polar surface area (TPSA) is 12.0 Å². The standard InChI is InChI=1S/C11H23N/c1-5-9(3)11(4)7-10(11)8-12-6-2/h9-10,12H,5-8H2,1-4H3. The van der Waals surface area contributed by atoms with Gasteiger partial charge in [0.2, 0.25) is 0 Å². The summed E-state index contributed by atoms with van der Waals surface area (Å²) in [6, 6.07) is 0. The van der Waals surface area contributed by atoms with Crippen LogP contribution < -0.4 is 5.32 Å². The van der Waals surface area contributed by atoms with Crippen molar-refractivity contribution in [3.05, 3.63) is 0 Å². The van der Waals surface area contributed by atoms with Crippen molar-refractivity contribution in [2.75, 3.05) is 13.1 Å². The molecule has 0 aliphatic heterocycles. The van der Waals surface area contributed by atoms with Crippen LogP contribution in [0.3, 0.4) is 0 Å². The minimum Gasteiger partial charge on any atom is -0.317 e. The average molecular weight is 169 g/mol. The number of hydrogen-bond acceptors (Lipinski definition) is 1. The van der Waals surface area contributed by atoms with E-state index in [0.29, 0.717) is 5.41 Å². The first-order chi connectivity index (χ1) is 5.65. The van der Waals surface area contributed by atoms with E-state index in [2.05, 4.69) is 33.0 Å². The third kappa shape index (κ3) is 1.82. The lowest BCUT2D eigenvalue weighted by atomic mass is 9.88. The van der Waals surface area contributed by atoms with Gasteiger partial charge in [0.15, 0.2) is 0 Å². The molecule has 1 aliphatic rings. The Bertz CT molecular complexity index is 142. The highest BCUT2D eigenvalue weighted by atomic mass is 14.9. The van der Waals surface area contributed by atoms with Crippen molar-refractivity contribution in [1.82, 2.24) is 5.32 Å². The molecular formula is C11H23N. The second-order valence-corrected chi connectivity index (χ2v) is 4.52. The second-order valence-electron chi connectivity index (χ2n) is 4.52. The minimum atomic E-state index is 0.664. The quantitative estimate of drug-likeness (QED) is 0.667. The molecule has 0 radical (unpaired) electrons. The summed E-state index contributed by atoms with van der Waals surface area (Å²) in [6.45, 7) is 11.7. The van der Waals surface area contributed by atoms with Gasteiger partial charge in [-0.25, -0.2) is 0 Å². The first-order valence-corrected chi connectivity index (χ1v) is 5.35. The molecule has 0 aromatic carbocycles. The molecule has 0 aromatic rings. The molecule has 0 bridgehead atoms. The summed E-state index contributed by atoms with van der Waals surface area (Å²) >= 11 is 0. The molecular weight excluding hydrogens is 146 g/mol. The molecule has 0 heterocycles. The van der Waals surface area contributed by atoms with Crippen LogP contribution in [-0.4, -0.2) is 13.1 Å². The zero-order valence-corrected chi connectivity index (χ0v) is 8.98. The monoisotopic (exact) mass is 169 g/mol. The van der Waals surface area contributed by atoms with Crippen molar-refractivity contribution < 1.29 is 0 Å². The highest BCUT2D eigenvalue weighted by Crippen LogP contribution is 2.57. The van der Waals surface area contributed by atoms with Gasteiger partial charge in [-0.1, -0.05) is 34.1 Å². The van der Waals surface area contributed by atoms with Crippen LogP contribution in [0.4, 0.5) is 0 Å². The Kier molecular flexibility index (Phi) is 3.16. The van der Waals surface area contributed by atoms with Crippen molar-refractivity contribution in [2.45, 2.75) is 40.5 Å². The summed E-state index contributed by atoms with van der Waals surface area (Å²) in [4.78, 5) is 0. The molecule has 0 spiro atoms. The smallest absolute Gasteiger partial charge is 0.00151 e. The van der Waals surface area contributed by atoms with E-state index < -0.39 is 0 Å². The van der Waals surface area contributed by atoms with Gasteiger partial charge in [0.05, 0.1) is 0 Å². The van der Waals surface area contributed by atoms with Crippen LogP contribution in [0.1, 0.15) is 40.5 Å². The van der Waals surface area contributed by atoms with Gasteiger partial charge in [-0.05, 0) is 36.8 Å². The van der Waals surface area contributed by atoms with Crippen LogP contribution in [0.2, 0.25) is 0 Å². The molecule has 1 nitrogen and oxygen atoms in total. The lowest BCUT2D eigenvalue weighted by Crippen LogP contribution is -2.20. The van der Waals surface area contributed by atoms with E-state index in [1.54, 1.807) is 0 Å². The van der Waals surface area contributed by atoms with Crippen molar-refractivity contribution in [3.8, 4) is 0 Å². The van der Waals surface area contributed by atoms with Crippen molar-refractivity contribution in [3.63, 3.8) is 0 Å². The van der Waals surface area contributed by atoms with Gasteiger partial charge in [0, 0.05) is 0 Å². The molecule has 1 rings (SSSR count). The molecule has 1 heteroatoms. The molecule has 0 saturated heterocycles. The van der Waals surface area contributed by atoms with Crippen LogP contribution in [0, 0.1) is 17.3 Å². The third-order valence-electron chi connectivity index (χ3n) is 3.84. The maximum Gasteiger partial charge on any atom is -0.00151 e. The molecule has 1 N–H and O–H groups in total. The summed E-state index contributed by atoms with van der Waals surface area (Å²) in [5.74, 6) is 1.86. The van der Waals surface area contributed by atoms with Crippen LogP contribution in [-0.2, 0) is 0 Å². The molecule has 1 saturated carbocycles. The Morgan fingerprint density at radius 1 is 1.50 bits per heavy atom. The molecule has 1 aliphatic carbocycles. The van der Waals surface area contributed by atoms with E-state index in [9.17, 15) is 0 Å². The summed E-state index contributed by atoms with van der Waals surface area (Å²) in [5, 5.41) is 3.44. The van der Waals surface area contributed by atoms with Gasteiger partial charge in [-0.3, -0.25) is 0 Å². The van der Waals surface area contributed by atoms with Crippen LogP contribution >= 0.6 is 0 Å². The summed E-state index contributed by atoms with van der Waals surface area (Å²) < 4.78 is 0. The summed E-state index contributed by atoms with van der Waals surface area (Å²) in [7, 11) is 0. The fourth-order valence-electron chi connectivity index (χ4n) is 2.17. The predicted octanol–water partition coefficient (Wildman–Crippen LogP) is 2.67. The highest BCUT2D eigenvalue weighted by Gasteiger charge is 2.51. The number of rotatable bonds is 5. The maximum atomic E-state index is 3.44. The normalized spacial score (nSPS) is 36.5. The van der Waals surface area contributed by atoms with E-state index in [1.165, 1.54) is 19.4 Å². The summed E-state index contributed by atoms with van der Waals surface area (Å²) in [5.41, 5.74) is 0.664. The number of nitrogens with one attached hydrogen (secondary N) is 1. The van der Waals surface area contributed by atoms with Crippen molar-refractivity contribution >= 4 is 0 Å². The Morgan fingerprint density at radius 3 is 2.67 bits per heavy atom. The number of hydrogen-bond donors (Lipinski definition) is 1. The lowest BCUT2D eigenvalue weighted by molar-refractivity contribution is 0.318. The van der Waals surface area contributed by atoms with E-state index in [4.69, 9.17) is 0 Å². The van der Waals surface area contributed by atoms with Crippen molar-refractivity contribution in [1.29, 1.82) is 0 Å². The van der Waals surface area contributed by atoms with Gasteiger partial charge >= 0.3 is 0 Å². The van der Waals surface area contributed by atoms with Gasteiger partial charge in [-0.15, -0.1) is 0 Å². The third-order valence-corrected chi connectivity index (χ3v) is 3.84. The van der Waals surface area contributed by atoms with E-state index in [1.807, 2.05) is 0 Å². The second kappa shape index (κ2) is 3.78. The SMILES string of the molecule is CCNCC1CC1(C)C(C)CC. The zero-order chi connectivity index (χ0) is 9.19. The lowest BCUT2D eigenvalue weighted by Gasteiger charge is -2.18. The Labute approximate surface area is 76.9 Å². The van der Waals surface area contributed by atoms with E-state index in [0.717, 1.165) is 18.4 Å². The average Bonchev–Trinajstić information content (AvgIpc) is 2.74. The molecule has 0 amide bonds. The maximum absolute atomic E-state index is 3.44. The van der Waals surface area contributed by atoms with Gasteiger partial charge in [-0.2, -0.15) is 0 Å². The molecule has 12 heavy (non-hydrogen) atoms. The molecule has 3 unspecified atom stereocenters. The van der Waals surface area contributed by atoms with Gasteiger partial charge in [0.25, 0.3) is 0 Å². The zero-order valence-electron chi connectivity index (χ0n) is 8.98. The molecule has 0 aromatic heterocycles. The molecule has 1 fully saturated rings. The van der Waals surface area contributed by atoms with Crippen LogP contribution in [0.15, 0.2) is 0 Å². The Balaban J connectivity index is 2.27. The molecule has 72 valence electrons. The van der Waals surface area contributed by atoms with Gasteiger partial charge in [0.1, 0.15) is 0 Å². The minimum absolute atomic E-state index is 0.664. The fraction of sp³-hybridized carbons (Fsp3) is 1.00. The van der Waals surface area contributed by atoms with Gasteiger partial charge < -0.3 is 5.32 Å². The Hall–Kier alpha value is -0.0400. The largest absolute Gasteiger partial charge is 0.317 e. The first kappa shape index (κ1) is 10.0. The highest BCUT2D eigenvalue weighted by molar-refractivity contribution is 5.02. The van der Waals surface area contributed by atoms with Crippen molar-refractivity contribution in [2.24, 2.45) is 17.3 Å². The summed E-state index contributed by atoms with van der Waals surface area (Å²) in [6.07, 6.45) is 2.77. The predicted molar refractivity (Wildman–Crippen MR) is 54.2 cm³/mol. The fourth-order valence-corrected chi connectivity index (χ4v) is 2.17. The van der Waals surface area contributed by atoms with Crippen LogP contribution in [0.5, 0.6) is 0 Å². The Morgan fingerprint density at radius 2 is 2.17 bits per heavy atom. The first-order valence-electron chi connectivity index (χ1n) is 5.35.